The van der Waals surface area contributed by atoms with Gasteiger partial charge in [-0.1, -0.05) is 0 Å². The molecule has 0 N–H and O–H groups in total. The van der Waals surface area contributed by atoms with Crippen LogP contribution >= 0.6 is 34.0 Å². The molecule has 0 spiro atoms. The molecule has 0 aromatic carbocycles. The summed E-state index contributed by atoms with van der Waals surface area (Å²) in [5.74, 6) is 0. The molecule has 0 amide bonds. The lowest BCUT2D eigenvalue weighted by Gasteiger charge is -1.94. The molecule has 0 fully saturated rings. The third-order valence-corrected chi connectivity index (χ3v) is 7.03. The van der Waals surface area contributed by atoms with Gasteiger partial charge in [-0.25, -0.2) is 0 Å². The predicted octanol–water partition coefficient (Wildman–Crippen LogP) is 6.08. The maximum Gasteiger partial charge on any atom is 0.160 e. The van der Waals surface area contributed by atoms with Gasteiger partial charge >= 0.3 is 0 Å². The molecule has 4 rings (SSSR count). The number of pyridine rings is 1. The molecule has 0 bridgehead atoms. The predicted molar refractivity (Wildman–Crippen MR) is 99.6 cm³/mol. The molecule has 4 aromatic heterocycles. The molecular formula is C18H11NOS3. The second kappa shape index (κ2) is 6.20. The van der Waals surface area contributed by atoms with Crippen LogP contribution < -0.4 is 0 Å². The summed E-state index contributed by atoms with van der Waals surface area (Å²) in [5, 5.41) is 0. The Morgan fingerprint density at radius 1 is 0.652 bits per heavy atom. The largest absolute Gasteiger partial charge is 0.297 e. The first-order chi connectivity index (χ1) is 11.3. The molecule has 0 saturated carbocycles. The van der Waals surface area contributed by atoms with Gasteiger partial charge in [0, 0.05) is 36.8 Å². The normalized spacial score (nSPS) is 10.8. The maximum atomic E-state index is 10.8. The van der Waals surface area contributed by atoms with Gasteiger partial charge in [-0.15, -0.1) is 34.0 Å². The molecule has 0 saturated heterocycles. The average Bonchev–Trinajstić information content (AvgIpc) is 3.33. The summed E-state index contributed by atoms with van der Waals surface area (Å²) in [6.07, 6.45) is 4.54. The van der Waals surface area contributed by atoms with Gasteiger partial charge in [0.25, 0.3) is 0 Å². The molecular weight excluding hydrogens is 342 g/mol. The molecule has 0 radical (unpaired) electrons. The Bertz CT molecular complexity index is 949. The smallest absolute Gasteiger partial charge is 0.160 e. The Morgan fingerprint density at radius 3 is 1.78 bits per heavy atom. The molecule has 0 aliphatic heterocycles. The van der Waals surface area contributed by atoms with Gasteiger partial charge in [-0.05, 0) is 54.1 Å². The number of aldehydes is 1. The van der Waals surface area contributed by atoms with Gasteiger partial charge in [0.05, 0.1) is 4.88 Å². The summed E-state index contributed by atoms with van der Waals surface area (Å²) in [7, 11) is 0. The molecule has 4 heterocycles. The van der Waals surface area contributed by atoms with E-state index in [1.807, 2.05) is 36.7 Å². The van der Waals surface area contributed by atoms with Crippen molar-refractivity contribution >= 4 is 40.3 Å². The Hall–Kier alpha value is -2.08. The quantitative estimate of drug-likeness (QED) is 0.416. The molecule has 5 heteroatoms. The van der Waals surface area contributed by atoms with Gasteiger partial charge in [-0.2, -0.15) is 0 Å². The van der Waals surface area contributed by atoms with E-state index in [0.717, 1.165) is 16.0 Å². The number of hydrogen-bond acceptors (Lipinski definition) is 5. The fourth-order valence-corrected chi connectivity index (χ4v) is 5.31. The van der Waals surface area contributed by atoms with Crippen molar-refractivity contribution in [1.29, 1.82) is 0 Å². The first-order valence-electron chi connectivity index (χ1n) is 6.99. The van der Waals surface area contributed by atoms with Crippen molar-refractivity contribution in [3.8, 4) is 29.9 Å². The van der Waals surface area contributed by atoms with Crippen LogP contribution in [0.5, 0.6) is 0 Å². The first-order valence-corrected chi connectivity index (χ1v) is 9.44. The molecule has 112 valence electrons. The van der Waals surface area contributed by atoms with Crippen LogP contribution in [-0.4, -0.2) is 11.3 Å². The monoisotopic (exact) mass is 353 g/mol. The van der Waals surface area contributed by atoms with Crippen LogP contribution in [0.2, 0.25) is 0 Å². The summed E-state index contributed by atoms with van der Waals surface area (Å²) >= 11 is 5.09. The topological polar surface area (TPSA) is 30.0 Å². The van der Waals surface area contributed by atoms with E-state index in [1.54, 1.807) is 22.7 Å². The Kier molecular flexibility index (Phi) is 3.91. The molecule has 0 atom stereocenters. The zero-order valence-electron chi connectivity index (χ0n) is 11.9. The molecule has 0 aliphatic rings. The van der Waals surface area contributed by atoms with Crippen LogP contribution in [0.3, 0.4) is 0 Å². The third-order valence-electron chi connectivity index (χ3n) is 3.41. The molecule has 4 aromatic rings. The maximum absolute atomic E-state index is 10.8. The number of nitrogens with zero attached hydrogens (tertiary/aromatic N) is 1. The van der Waals surface area contributed by atoms with Gasteiger partial charge in [0.15, 0.2) is 6.29 Å². The van der Waals surface area contributed by atoms with Gasteiger partial charge < -0.3 is 0 Å². The highest BCUT2D eigenvalue weighted by atomic mass is 32.1. The van der Waals surface area contributed by atoms with Gasteiger partial charge in [-0.3, -0.25) is 9.78 Å². The number of carbonyl (C=O) groups is 1. The fourth-order valence-electron chi connectivity index (χ4n) is 2.29. The van der Waals surface area contributed by atoms with Crippen molar-refractivity contribution in [2.24, 2.45) is 0 Å². The SMILES string of the molecule is O=Cc1ccc(-c2ccc(-c3ccc(-c4ccncc4)s3)s2)s1. The zero-order chi connectivity index (χ0) is 15.6. The molecule has 0 aliphatic carbocycles. The standard InChI is InChI=1S/C18H11NOS3/c20-11-13-1-2-15(21-13)16-5-6-18(23-16)17-4-3-14(22-17)12-7-9-19-10-8-12/h1-11H. The van der Waals surface area contributed by atoms with Crippen molar-refractivity contribution in [2.45, 2.75) is 0 Å². The number of aromatic nitrogens is 1. The van der Waals surface area contributed by atoms with E-state index in [0.29, 0.717) is 0 Å². The van der Waals surface area contributed by atoms with E-state index in [-0.39, 0.29) is 0 Å². The minimum absolute atomic E-state index is 0.769. The fraction of sp³-hybridized carbons (Fsp3) is 0. The van der Waals surface area contributed by atoms with Crippen LogP contribution in [0.4, 0.5) is 0 Å². The summed E-state index contributed by atoms with van der Waals surface area (Å²) in [6.45, 7) is 0. The number of thiophene rings is 3. The van der Waals surface area contributed by atoms with E-state index < -0.39 is 0 Å². The van der Waals surface area contributed by atoms with Crippen LogP contribution in [-0.2, 0) is 0 Å². The van der Waals surface area contributed by atoms with E-state index >= 15 is 0 Å². The Morgan fingerprint density at radius 2 is 1.17 bits per heavy atom. The summed E-state index contributed by atoms with van der Waals surface area (Å²) < 4.78 is 0. The first kappa shape index (κ1) is 14.5. The van der Waals surface area contributed by atoms with Crippen LogP contribution in [0.1, 0.15) is 9.67 Å². The summed E-state index contributed by atoms with van der Waals surface area (Å²) in [6, 6.07) is 16.6. The lowest BCUT2D eigenvalue weighted by Crippen LogP contribution is -1.71. The second-order valence-corrected chi connectivity index (χ2v) is 8.17. The van der Waals surface area contributed by atoms with Gasteiger partial charge in [0.2, 0.25) is 0 Å². The zero-order valence-corrected chi connectivity index (χ0v) is 14.4. The molecule has 0 unspecified atom stereocenters. The minimum Gasteiger partial charge on any atom is -0.297 e. The van der Waals surface area contributed by atoms with Crippen LogP contribution in [0.15, 0.2) is 60.9 Å². The summed E-state index contributed by atoms with van der Waals surface area (Å²) in [5.41, 5.74) is 1.20. The number of rotatable bonds is 4. The highest BCUT2D eigenvalue weighted by Gasteiger charge is 2.10. The average molecular weight is 353 g/mol. The third kappa shape index (κ3) is 2.91. The van der Waals surface area contributed by atoms with Crippen molar-refractivity contribution in [2.75, 3.05) is 0 Å². The van der Waals surface area contributed by atoms with E-state index in [1.165, 1.54) is 36.4 Å². The van der Waals surface area contributed by atoms with E-state index in [9.17, 15) is 4.79 Å². The highest BCUT2D eigenvalue weighted by Crippen LogP contribution is 2.41. The Labute approximate surface area is 145 Å². The van der Waals surface area contributed by atoms with Crippen molar-refractivity contribution in [3.63, 3.8) is 0 Å². The van der Waals surface area contributed by atoms with Crippen molar-refractivity contribution in [1.82, 2.24) is 4.98 Å². The molecule has 2 nitrogen and oxygen atoms in total. The lowest BCUT2D eigenvalue weighted by molar-refractivity contribution is 0.112. The minimum atomic E-state index is 0.769. The van der Waals surface area contributed by atoms with Crippen molar-refractivity contribution in [3.05, 3.63) is 65.8 Å². The van der Waals surface area contributed by atoms with Crippen molar-refractivity contribution < 1.29 is 4.79 Å². The van der Waals surface area contributed by atoms with Crippen LogP contribution in [0.25, 0.3) is 29.9 Å². The van der Waals surface area contributed by atoms with E-state index in [4.69, 9.17) is 0 Å². The number of carbonyl (C=O) groups excluding carboxylic acids is 1. The van der Waals surface area contributed by atoms with Crippen LogP contribution in [0, 0.1) is 0 Å². The van der Waals surface area contributed by atoms with E-state index in [2.05, 4.69) is 29.2 Å². The van der Waals surface area contributed by atoms with Gasteiger partial charge in [0.1, 0.15) is 0 Å². The second-order valence-electron chi connectivity index (χ2n) is 4.88. The Balaban J connectivity index is 1.64. The lowest BCUT2D eigenvalue weighted by atomic mass is 10.2. The highest BCUT2D eigenvalue weighted by molar-refractivity contribution is 7.27. The molecule has 23 heavy (non-hydrogen) atoms. The summed E-state index contributed by atoms with van der Waals surface area (Å²) in [4.78, 5) is 21.8. The number of hydrogen-bond donors (Lipinski definition) is 0.